The molecule has 1 unspecified atom stereocenters. The van der Waals surface area contributed by atoms with Gasteiger partial charge in [0.25, 0.3) is 0 Å². The highest BCUT2D eigenvalue weighted by Gasteiger charge is 2.43. The fourth-order valence-electron chi connectivity index (χ4n) is 4.14. The summed E-state index contributed by atoms with van der Waals surface area (Å²) in [4.78, 5) is 3.47. The van der Waals surface area contributed by atoms with E-state index in [4.69, 9.17) is 0 Å². The molecule has 7 heteroatoms. The molecule has 0 aromatic heterocycles. The van der Waals surface area contributed by atoms with Crippen LogP contribution in [0.1, 0.15) is 22.2 Å². The van der Waals surface area contributed by atoms with Gasteiger partial charge in [0.15, 0.2) is 31.5 Å². The lowest BCUT2D eigenvalue weighted by molar-refractivity contribution is 0.376. The van der Waals surface area contributed by atoms with Gasteiger partial charge < -0.3 is 4.98 Å². The van der Waals surface area contributed by atoms with Gasteiger partial charge in [0, 0.05) is 11.2 Å². The van der Waals surface area contributed by atoms with Crippen LogP contribution >= 0.6 is 0 Å². The molecule has 0 saturated carbocycles. The maximum Gasteiger partial charge on any atom is 0.200 e. The number of benzene rings is 3. The van der Waals surface area contributed by atoms with Crippen molar-refractivity contribution >= 4 is 25.6 Å². The normalized spacial score (nSPS) is 15.7. The number of para-hydroxylation sites is 1. The van der Waals surface area contributed by atoms with Crippen LogP contribution < -0.4 is 4.98 Å². The number of hydrogen-bond acceptors (Lipinski definition) is 1. The summed E-state index contributed by atoms with van der Waals surface area (Å²) in [5, 5.41) is 0. The Morgan fingerprint density at radius 1 is 0.700 bits per heavy atom. The Balaban J connectivity index is 1.90. The first-order valence-corrected chi connectivity index (χ1v) is 12.5. The molecular formula is C23H18F5NSi. The number of allylic oxidation sites excluding steroid dienone is 1. The number of nitrogens with one attached hydrogen (secondary N) is 1. The molecule has 1 aliphatic carbocycles. The molecule has 30 heavy (non-hydrogen) atoms. The average molecular weight is 431 g/mol. The van der Waals surface area contributed by atoms with Gasteiger partial charge >= 0.3 is 0 Å². The maximum absolute atomic E-state index is 14.7. The van der Waals surface area contributed by atoms with Gasteiger partial charge in [0.2, 0.25) is 5.82 Å². The third kappa shape index (κ3) is 3.23. The quantitative estimate of drug-likeness (QED) is 0.206. The van der Waals surface area contributed by atoms with Gasteiger partial charge in [0.05, 0.1) is 5.56 Å². The summed E-state index contributed by atoms with van der Waals surface area (Å²) in [6.07, 6.45) is 1.53. The minimum atomic E-state index is -2.59. The predicted molar refractivity (Wildman–Crippen MR) is 111 cm³/mol. The first-order chi connectivity index (χ1) is 14.2. The van der Waals surface area contributed by atoms with Crippen LogP contribution in [0.25, 0.3) is 11.6 Å². The van der Waals surface area contributed by atoms with Gasteiger partial charge in [-0.2, -0.15) is 0 Å². The van der Waals surface area contributed by atoms with E-state index in [2.05, 4.69) is 4.98 Å². The van der Waals surface area contributed by atoms with E-state index in [1.54, 1.807) is 18.2 Å². The summed E-state index contributed by atoms with van der Waals surface area (Å²) in [7, 11) is -2.59. The van der Waals surface area contributed by atoms with E-state index in [-0.39, 0.29) is 5.57 Å². The molecule has 1 nitrogen and oxygen atoms in total. The van der Waals surface area contributed by atoms with Crippen molar-refractivity contribution in [2.24, 2.45) is 0 Å². The Morgan fingerprint density at radius 2 is 1.23 bits per heavy atom. The molecule has 1 atom stereocenters. The highest BCUT2D eigenvalue weighted by atomic mass is 28.3. The first kappa shape index (κ1) is 20.3. The van der Waals surface area contributed by atoms with Gasteiger partial charge in [0.1, 0.15) is 0 Å². The van der Waals surface area contributed by atoms with E-state index in [0.29, 0.717) is 5.56 Å². The van der Waals surface area contributed by atoms with Crippen molar-refractivity contribution in [3.8, 4) is 0 Å². The lowest BCUT2D eigenvalue weighted by Gasteiger charge is -2.34. The number of halogens is 5. The van der Waals surface area contributed by atoms with Crippen LogP contribution in [-0.2, 0) is 0 Å². The fourth-order valence-corrected chi connectivity index (χ4v) is 7.24. The Bertz CT molecular complexity index is 1130. The number of fused-ring (bicyclic) bond motifs is 1. The van der Waals surface area contributed by atoms with Crippen LogP contribution in [0.2, 0.25) is 13.1 Å². The third-order valence-electron chi connectivity index (χ3n) is 5.39. The summed E-state index contributed by atoms with van der Waals surface area (Å²) in [6, 6.07) is 16.5. The van der Waals surface area contributed by atoms with E-state index < -0.39 is 48.4 Å². The zero-order chi connectivity index (χ0) is 21.6. The lowest BCUT2D eigenvalue weighted by Crippen LogP contribution is -2.44. The molecule has 1 aliphatic rings. The van der Waals surface area contributed by atoms with Crippen molar-refractivity contribution in [2.45, 2.75) is 18.6 Å². The van der Waals surface area contributed by atoms with E-state index >= 15 is 0 Å². The van der Waals surface area contributed by atoms with Crippen molar-refractivity contribution in [3.63, 3.8) is 0 Å². The molecule has 0 amide bonds. The van der Waals surface area contributed by atoms with Crippen LogP contribution in [-0.4, -0.2) is 8.24 Å². The Labute approximate surface area is 172 Å². The van der Waals surface area contributed by atoms with Crippen molar-refractivity contribution < 1.29 is 22.0 Å². The van der Waals surface area contributed by atoms with Crippen LogP contribution in [0.3, 0.4) is 0 Å². The minimum absolute atomic E-state index is 0.101. The maximum atomic E-state index is 14.7. The summed E-state index contributed by atoms with van der Waals surface area (Å²) in [5.74, 6) is -9.63. The second kappa shape index (κ2) is 7.39. The molecule has 0 spiro atoms. The Hall–Kier alpha value is -2.93. The van der Waals surface area contributed by atoms with Crippen molar-refractivity contribution in [1.82, 2.24) is 0 Å². The van der Waals surface area contributed by atoms with Gasteiger partial charge in [-0.15, -0.1) is 0 Å². The second-order valence-electron chi connectivity index (χ2n) is 7.82. The molecule has 4 rings (SSSR count). The molecule has 0 fully saturated rings. The molecule has 3 aromatic rings. The van der Waals surface area contributed by atoms with Crippen molar-refractivity contribution in [1.29, 1.82) is 0 Å². The van der Waals surface area contributed by atoms with Crippen LogP contribution in [0, 0.1) is 29.1 Å². The minimum Gasteiger partial charge on any atom is -0.410 e. The van der Waals surface area contributed by atoms with E-state index in [0.717, 1.165) is 11.3 Å². The number of anilines is 1. The highest BCUT2D eigenvalue weighted by molar-refractivity contribution is 6.83. The zero-order valence-corrected chi connectivity index (χ0v) is 17.2. The van der Waals surface area contributed by atoms with Crippen molar-refractivity contribution in [2.75, 3.05) is 4.98 Å². The van der Waals surface area contributed by atoms with E-state index in [1.807, 2.05) is 49.5 Å². The van der Waals surface area contributed by atoms with Gasteiger partial charge in [-0.25, -0.2) is 22.0 Å². The van der Waals surface area contributed by atoms with Crippen LogP contribution in [0.4, 0.5) is 27.6 Å². The van der Waals surface area contributed by atoms with E-state index in [9.17, 15) is 22.0 Å². The smallest absolute Gasteiger partial charge is 0.200 e. The third-order valence-corrected chi connectivity index (χ3v) is 8.39. The number of hydrogen-bond donors (Lipinski definition) is 1. The molecule has 0 bridgehead atoms. The average Bonchev–Trinajstić information content (AvgIpc) is 3.11. The van der Waals surface area contributed by atoms with Gasteiger partial charge in [-0.05, 0) is 28.8 Å². The molecule has 0 saturated heterocycles. The molecule has 3 aromatic carbocycles. The van der Waals surface area contributed by atoms with Crippen LogP contribution in [0.15, 0.2) is 54.6 Å². The summed E-state index contributed by atoms with van der Waals surface area (Å²) < 4.78 is 70.9. The largest absolute Gasteiger partial charge is 0.410 e. The Kier molecular flexibility index (Phi) is 5.01. The van der Waals surface area contributed by atoms with E-state index in [1.165, 1.54) is 6.08 Å². The first-order valence-electron chi connectivity index (χ1n) is 9.38. The predicted octanol–water partition coefficient (Wildman–Crippen LogP) is 6.88. The van der Waals surface area contributed by atoms with Gasteiger partial charge in [-0.1, -0.05) is 61.6 Å². The van der Waals surface area contributed by atoms with Crippen molar-refractivity contribution in [3.05, 3.63) is 100 Å². The summed E-state index contributed by atoms with van der Waals surface area (Å²) in [6.45, 7) is 3.93. The number of rotatable bonds is 4. The molecule has 0 heterocycles. The monoisotopic (exact) mass is 431 g/mol. The molecule has 0 radical (unpaired) electrons. The van der Waals surface area contributed by atoms with Crippen LogP contribution in [0.5, 0.6) is 0 Å². The molecule has 1 N–H and O–H groups in total. The lowest BCUT2D eigenvalue weighted by atomic mass is 10.0. The molecule has 154 valence electrons. The molecule has 0 aliphatic heterocycles. The summed E-state index contributed by atoms with van der Waals surface area (Å²) in [5.41, 5.74) is 1.05. The zero-order valence-electron chi connectivity index (χ0n) is 16.2. The second-order valence-corrected chi connectivity index (χ2v) is 12.1. The SMILES string of the molecule is C[Si](C)(Nc1ccccc1)C1C(c2c(F)c(F)c(F)c(F)c2F)=Cc2ccccc21. The standard InChI is InChI=1S/C23H18F5NSi/c1-30(2,29-14-9-4-3-5-10-14)23-15-11-7-6-8-13(15)12-16(23)17-18(24)20(26)22(28)21(27)19(17)25/h3-12,23,29H,1-2H3. The highest BCUT2D eigenvalue weighted by Crippen LogP contribution is 2.48. The Morgan fingerprint density at radius 3 is 1.87 bits per heavy atom. The topological polar surface area (TPSA) is 12.0 Å². The van der Waals surface area contributed by atoms with Gasteiger partial charge in [-0.3, -0.25) is 0 Å². The summed E-state index contributed by atoms with van der Waals surface area (Å²) >= 11 is 0. The fraction of sp³-hybridized carbons (Fsp3) is 0.130. The molecular weight excluding hydrogens is 413 g/mol.